The van der Waals surface area contributed by atoms with Crippen LogP contribution in [0.2, 0.25) is 0 Å². The molecule has 138 valence electrons. The zero-order valence-corrected chi connectivity index (χ0v) is 15.0. The van der Waals surface area contributed by atoms with E-state index in [0.29, 0.717) is 12.8 Å². The maximum atomic E-state index is 12.0. The molecular formula is C16H28N2O6. The average Bonchev–Trinajstić information content (AvgIpc) is 2.41. The van der Waals surface area contributed by atoms with Crippen LogP contribution in [0.4, 0.5) is 0 Å². The molecule has 0 aromatic heterocycles. The highest BCUT2D eigenvalue weighted by atomic mass is 16.6. The summed E-state index contributed by atoms with van der Waals surface area (Å²) in [6, 6.07) is -1.63. The maximum absolute atomic E-state index is 12.0. The van der Waals surface area contributed by atoms with Gasteiger partial charge in [-0.2, -0.15) is 0 Å². The number of aliphatic carboxylic acids is 1. The molecule has 0 saturated heterocycles. The Morgan fingerprint density at radius 1 is 0.958 bits per heavy atom. The summed E-state index contributed by atoms with van der Waals surface area (Å²) in [6.45, 7) is 8.20. The molecule has 3 N–H and O–H groups in total. The standard InChI is InChI=1S/C16H28N2O6/c1-10(17-12(19)8-6-7-9-13(20)21)14(22)18-11(2)15(23)24-16(3,4)5/h10-11H,6-9H2,1-5H3,(H,17,19)(H,18,22)(H,20,21)/t10-,11-/m0/s1. The van der Waals surface area contributed by atoms with Crippen molar-refractivity contribution in [1.82, 2.24) is 10.6 Å². The predicted molar refractivity (Wildman–Crippen MR) is 87.2 cm³/mol. The van der Waals surface area contributed by atoms with Gasteiger partial charge in [0.2, 0.25) is 11.8 Å². The van der Waals surface area contributed by atoms with Crippen molar-refractivity contribution in [1.29, 1.82) is 0 Å². The highest BCUT2D eigenvalue weighted by Crippen LogP contribution is 2.08. The number of carboxylic acids is 1. The summed E-state index contributed by atoms with van der Waals surface area (Å²) >= 11 is 0. The molecule has 0 aliphatic heterocycles. The van der Waals surface area contributed by atoms with Gasteiger partial charge in [-0.15, -0.1) is 0 Å². The molecule has 2 atom stereocenters. The van der Waals surface area contributed by atoms with Gasteiger partial charge in [-0.3, -0.25) is 14.4 Å². The molecule has 0 heterocycles. The Hall–Kier alpha value is -2.12. The first-order valence-electron chi connectivity index (χ1n) is 7.96. The van der Waals surface area contributed by atoms with Crippen LogP contribution in [0.5, 0.6) is 0 Å². The minimum Gasteiger partial charge on any atom is -0.481 e. The van der Waals surface area contributed by atoms with E-state index in [-0.39, 0.29) is 18.7 Å². The number of carbonyl (C=O) groups is 4. The predicted octanol–water partition coefficient (Wildman–Crippen LogP) is 0.983. The Balaban J connectivity index is 4.20. The number of ether oxygens (including phenoxy) is 1. The van der Waals surface area contributed by atoms with Crippen molar-refractivity contribution in [3.63, 3.8) is 0 Å². The van der Waals surface area contributed by atoms with E-state index in [9.17, 15) is 19.2 Å². The van der Waals surface area contributed by atoms with Crippen molar-refractivity contribution in [3.8, 4) is 0 Å². The molecule has 0 radical (unpaired) electrons. The number of carbonyl (C=O) groups excluding carboxylic acids is 3. The molecular weight excluding hydrogens is 316 g/mol. The number of nitrogens with one attached hydrogen (secondary N) is 2. The molecule has 24 heavy (non-hydrogen) atoms. The molecule has 8 heteroatoms. The van der Waals surface area contributed by atoms with Crippen molar-refractivity contribution in [2.24, 2.45) is 0 Å². The largest absolute Gasteiger partial charge is 0.481 e. The fraction of sp³-hybridized carbons (Fsp3) is 0.750. The smallest absolute Gasteiger partial charge is 0.328 e. The molecule has 0 saturated carbocycles. The molecule has 0 aromatic rings. The van der Waals surface area contributed by atoms with E-state index in [2.05, 4.69) is 10.6 Å². The van der Waals surface area contributed by atoms with Gasteiger partial charge in [0.1, 0.15) is 17.7 Å². The van der Waals surface area contributed by atoms with Crippen LogP contribution in [0, 0.1) is 0 Å². The lowest BCUT2D eigenvalue weighted by atomic mass is 10.1. The van der Waals surface area contributed by atoms with Crippen molar-refractivity contribution < 1.29 is 29.0 Å². The average molecular weight is 344 g/mol. The van der Waals surface area contributed by atoms with Gasteiger partial charge in [0.15, 0.2) is 0 Å². The van der Waals surface area contributed by atoms with Crippen LogP contribution in [0.25, 0.3) is 0 Å². The first kappa shape index (κ1) is 21.9. The minimum absolute atomic E-state index is 0.0106. The SMILES string of the molecule is C[C@H](NC(=O)CCCCC(=O)O)C(=O)N[C@@H](C)C(=O)OC(C)(C)C. The molecule has 8 nitrogen and oxygen atoms in total. The Morgan fingerprint density at radius 3 is 2.00 bits per heavy atom. The van der Waals surface area contributed by atoms with E-state index in [0.717, 1.165) is 0 Å². The van der Waals surface area contributed by atoms with E-state index < -0.39 is 35.5 Å². The van der Waals surface area contributed by atoms with Crippen molar-refractivity contribution >= 4 is 23.8 Å². The monoisotopic (exact) mass is 344 g/mol. The summed E-state index contributed by atoms with van der Waals surface area (Å²) < 4.78 is 5.16. The molecule has 0 rings (SSSR count). The third-order valence-electron chi connectivity index (χ3n) is 2.93. The summed E-state index contributed by atoms with van der Waals surface area (Å²) in [6.07, 6.45) is 0.989. The van der Waals surface area contributed by atoms with Crippen LogP contribution in [0.3, 0.4) is 0 Å². The van der Waals surface area contributed by atoms with Gasteiger partial charge >= 0.3 is 11.9 Å². The van der Waals surface area contributed by atoms with Gasteiger partial charge in [0.05, 0.1) is 0 Å². The summed E-state index contributed by atoms with van der Waals surface area (Å²) in [5.41, 5.74) is -0.647. The third kappa shape index (κ3) is 10.6. The van der Waals surface area contributed by atoms with Gasteiger partial charge in [-0.05, 0) is 47.5 Å². The number of rotatable bonds is 9. The zero-order chi connectivity index (χ0) is 18.9. The fourth-order valence-electron chi connectivity index (χ4n) is 1.73. The number of carboxylic acid groups (broad SMARTS) is 1. The lowest BCUT2D eigenvalue weighted by Crippen LogP contribution is -2.50. The quantitative estimate of drug-likeness (QED) is 0.423. The molecule has 0 aliphatic carbocycles. The normalized spacial score (nSPS) is 13.5. The lowest BCUT2D eigenvalue weighted by molar-refractivity contribution is -0.158. The Kier molecular flexibility index (Phi) is 9.02. The third-order valence-corrected chi connectivity index (χ3v) is 2.93. The number of hydrogen-bond donors (Lipinski definition) is 3. The number of esters is 1. The van der Waals surface area contributed by atoms with Crippen LogP contribution < -0.4 is 10.6 Å². The maximum Gasteiger partial charge on any atom is 0.328 e. The molecule has 0 spiro atoms. The second-order valence-corrected chi connectivity index (χ2v) is 6.65. The number of hydrogen-bond acceptors (Lipinski definition) is 5. The topological polar surface area (TPSA) is 122 Å². The van der Waals surface area contributed by atoms with Crippen LogP contribution >= 0.6 is 0 Å². The van der Waals surface area contributed by atoms with Gasteiger partial charge in [0.25, 0.3) is 0 Å². The Labute approximate surface area is 142 Å². The van der Waals surface area contributed by atoms with Crippen LogP contribution in [-0.4, -0.2) is 46.5 Å². The van der Waals surface area contributed by atoms with Gasteiger partial charge < -0.3 is 20.5 Å². The second-order valence-electron chi connectivity index (χ2n) is 6.65. The minimum atomic E-state index is -0.903. The molecule has 0 bridgehead atoms. The number of amides is 2. The van der Waals surface area contributed by atoms with E-state index in [4.69, 9.17) is 9.84 Å². The molecule has 0 fully saturated rings. The van der Waals surface area contributed by atoms with E-state index in [1.807, 2.05) is 0 Å². The van der Waals surface area contributed by atoms with Crippen LogP contribution in [-0.2, 0) is 23.9 Å². The molecule has 0 aliphatic rings. The highest BCUT2D eigenvalue weighted by Gasteiger charge is 2.25. The lowest BCUT2D eigenvalue weighted by Gasteiger charge is -2.23. The summed E-state index contributed by atoms with van der Waals surface area (Å²) in [7, 11) is 0. The van der Waals surface area contributed by atoms with Gasteiger partial charge in [0, 0.05) is 12.8 Å². The van der Waals surface area contributed by atoms with Crippen molar-refractivity contribution in [2.45, 2.75) is 78.0 Å². The van der Waals surface area contributed by atoms with E-state index in [1.165, 1.54) is 13.8 Å². The number of unbranched alkanes of at least 4 members (excludes halogenated alkanes) is 1. The summed E-state index contributed by atoms with van der Waals surface area (Å²) in [4.78, 5) is 45.8. The van der Waals surface area contributed by atoms with Crippen LogP contribution in [0.15, 0.2) is 0 Å². The molecule has 0 aromatic carbocycles. The summed E-state index contributed by atoms with van der Waals surface area (Å²) in [5, 5.41) is 13.5. The highest BCUT2D eigenvalue weighted by molar-refractivity contribution is 5.90. The van der Waals surface area contributed by atoms with Gasteiger partial charge in [-0.1, -0.05) is 0 Å². The van der Waals surface area contributed by atoms with Gasteiger partial charge in [-0.25, -0.2) is 4.79 Å². The van der Waals surface area contributed by atoms with Crippen LogP contribution in [0.1, 0.15) is 60.3 Å². The van der Waals surface area contributed by atoms with Crippen molar-refractivity contribution in [2.75, 3.05) is 0 Å². The Morgan fingerprint density at radius 2 is 1.50 bits per heavy atom. The van der Waals surface area contributed by atoms with E-state index in [1.54, 1.807) is 20.8 Å². The zero-order valence-electron chi connectivity index (χ0n) is 15.0. The van der Waals surface area contributed by atoms with E-state index >= 15 is 0 Å². The van der Waals surface area contributed by atoms with Crippen molar-refractivity contribution in [3.05, 3.63) is 0 Å². The second kappa shape index (κ2) is 9.89. The first-order chi connectivity index (χ1) is 10.9. The fourth-order valence-corrected chi connectivity index (χ4v) is 1.73. The Bertz CT molecular complexity index is 470. The molecule has 0 unspecified atom stereocenters. The molecule has 2 amide bonds. The summed E-state index contributed by atoms with van der Waals surface area (Å²) in [5.74, 6) is -2.29. The first-order valence-corrected chi connectivity index (χ1v) is 7.96.